The minimum atomic E-state index is -3.43. The van der Waals surface area contributed by atoms with E-state index in [9.17, 15) is 8.42 Å². The summed E-state index contributed by atoms with van der Waals surface area (Å²) in [6.07, 6.45) is 1.77. The van der Waals surface area contributed by atoms with Crippen LogP contribution in [0.2, 0.25) is 0 Å². The third kappa shape index (κ3) is 4.96. The first-order valence-corrected chi connectivity index (χ1v) is 7.95. The summed E-state index contributed by atoms with van der Waals surface area (Å²) >= 11 is 5.62. The largest absolute Gasteiger partial charge is 0.241 e. The maximum atomic E-state index is 12.0. The highest BCUT2D eigenvalue weighted by molar-refractivity contribution is 7.89. The Kier molecular flexibility index (Phi) is 5.20. The van der Waals surface area contributed by atoms with Crippen molar-refractivity contribution in [2.24, 2.45) is 0 Å². The molecule has 1 aromatic carbocycles. The van der Waals surface area contributed by atoms with Crippen molar-refractivity contribution in [3.8, 4) is 0 Å². The fraction of sp³-hybridized carbons (Fsp3) is 0.538. The molecule has 0 unspecified atom stereocenters. The van der Waals surface area contributed by atoms with Gasteiger partial charge in [-0.05, 0) is 51.3 Å². The van der Waals surface area contributed by atoms with E-state index in [-0.39, 0.29) is 0 Å². The maximum Gasteiger partial charge on any atom is 0.241 e. The molecular weight excluding hydrogens is 270 g/mol. The lowest BCUT2D eigenvalue weighted by molar-refractivity contribution is 0.491. The van der Waals surface area contributed by atoms with Gasteiger partial charge in [0.05, 0.1) is 4.90 Å². The van der Waals surface area contributed by atoms with Crippen LogP contribution in [0.5, 0.6) is 0 Å². The van der Waals surface area contributed by atoms with Crippen molar-refractivity contribution in [2.75, 3.05) is 5.88 Å². The van der Waals surface area contributed by atoms with Gasteiger partial charge in [-0.15, -0.1) is 11.6 Å². The van der Waals surface area contributed by atoms with Crippen LogP contribution >= 0.6 is 11.6 Å². The molecule has 0 aromatic heterocycles. The van der Waals surface area contributed by atoms with E-state index in [0.29, 0.717) is 10.8 Å². The normalized spacial score (nSPS) is 12.7. The highest BCUT2D eigenvalue weighted by atomic mass is 35.5. The molecule has 18 heavy (non-hydrogen) atoms. The van der Waals surface area contributed by atoms with Gasteiger partial charge in [0.1, 0.15) is 0 Å². The Morgan fingerprint density at radius 3 is 2.17 bits per heavy atom. The maximum absolute atomic E-state index is 12.0. The third-order valence-electron chi connectivity index (χ3n) is 2.27. The highest BCUT2D eigenvalue weighted by Crippen LogP contribution is 2.14. The van der Waals surface area contributed by atoms with Crippen molar-refractivity contribution in [3.05, 3.63) is 29.8 Å². The summed E-state index contributed by atoms with van der Waals surface area (Å²) in [6.45, 7) is 5.46. The number of hydrogen-bond acceptors (Lipinski definition) is 2. The van der Waals surface area contributed by atoms with E-state index in [1.807, 2.05) is 32.9 Å². The number of halogens is 1. The van der Waals surface area contributed by atoms with E-state index in [1.54, 1.807) is 12.1 Å². The molecule has 0 amide bonds. The third-order valence-corrected chi connectivity index (χ3v) is 4.31. The first kappa shape index (κ1) is 15.5. The molecule has 0 aliphatic heterocycles. The molecule has 0 spiro atoms. The van der Waals surface area contributed by atoms with Gasteiger partial charge in [-0.25, -0.2) is 13.1 Å². The van der Waals surface area contributed by atoms with Crippen LogP contribution in [0.1, 0.15) is 32.8 Å². The van der Waals surface area contributed by atoms with E-state index >= 15 is 0 Å². The van der Waals surface area contributed by atoms with E-state index in [1.165, 1.54) is 0 Å². The second-order valence-corrected chi connectivity index (χ2v) is 7.35. The molecule has 0 heterocycles. The summed E-state index contributed by atoms with van der Waals surface area (Å²) in [4.78, 5) is 0.298. The average molecular weight is 290 g/mol. The number of benzene rings is 1. The fourth-order valence-corrected chi connectivity index (χ4v) is 3.12. The van der Waals surface area contributed by atoms with Crippen LogP contribution in [0.25, 0.3) is 0 Å². The standard InChI is InChI=1S/C13H20ClNO2S/c1-13(2,3)15-18(16,17)12-8-6-11(7-9-12)5-4-10-14/h6-9,15H,4-5,10H2,1-3H3. The fourth-order valence-electron chi connectivity index (χ4n) is 1.57. The van der Waals surface area contributed by atoms with Gasteiger partial charge in [0, 0.05) is 11.4 Å². The van der Waals surface area contributed by atoms with Gasteiger partial charge < -0.3 is 0 Å². The molecule has 0 aliphatic carbocycles. The second-order valence-electron chi connectivity index (χ2n) is 5.29. The molecule has 0 radical (unpaired) electrons. The molecule has 5 heteroatoms. The Bertz CT molecular complexity index is 475. The minimum absolute atomic E-state index is 0.298. The van der Waals surface area contributed by atoms with E-state index in [4.69, 9.17) is 11.6 Å². The Morgan fingerprint density at radius 1 is 1.17 bits per heavy atom. The predicted octanol–water partition coefficient (Wildman–Crippen LogP) is 2.93. The van der Waals surface area contributed by atoms with Gasteiger partial charge in [-0.2, -0.15) is 0 Å². The molecule has 0 saturated carbocycles. The molecule has 3 nitrogen and oxygen atoms in total. The summed E-state index contributed by atoms with van der Waals surface area (Å²) in [5.41, 5.74) is 0.626. The highest BCUT2D eigenvalue weighted by Gasteiger charge is 2.21. The Morgan fingerprint density at radius 2 is 1.72 bits per heavy atom. The van der Waals surface area contributed by atoms with Gasteiger partial charge in [0.25, 0.3) is 0 Å². The molecule has 0 atom stereocenters. The number of hydrogen-bond donors (Lipinski definition) is 1. The Balaban J connectivity index is 2.84. The number of nitrogens with one attached hydrogen (secondary N) is 1. The van der Waals surface area contributed by atoms with Gasteiger partial charge in [-0.3, -0.25) is 0 Å². The monoisotopic (exact) mass is 289 g/mol. The van der Waals surface area contributed by atoms with Crippen LogP contribution < -0.4 is 4.72 Å². The lowest BCUT2D eigenvalue weighted by atomic mass is 10.1. The molecular formula is C13H20ClNO2S. The molecule has 102 valence electrons. The number of alkyl halides is 1. The SMILES string of the molecule is CC(C)(C)NS(=O)(=O)c1ccc(CCCCl)cc1. The summed E-state index contributed by atoms with van der Waals surface area (Å²) in [6, 6.07) is 6.95. The number of rotatable bonds is 5. The Hall–Kier alpha value is -0.580. The average Bonchev–Trinajstić information content (AvgIpc) is 2.23. The van der Waals surface area contributed by atoms with E-state index < -0.39 is 15.6 Å². The predicted molar refractivity (Wildman–Crippen MR) is 75.6 cm³/mol. The van der Waals surface area contributed by atoms with Crippen molar-refractivity contribution < 1.29 is 8.42 Å². The summed E-state index contributed by atoms with van der Waals surface area (Å²) in [5, 5.41) is 0. The van der Waals surface area contributed by atoms with Gasteiger partial charge >= 0.3 is 0 Å². The van der Waals surface area contributed by atoms with Crippen molar-refractivity contribution in [1.82, 2.24) is 4.72 Å². The van der Waals surface area contributed by atoms with Crippen LogP contribution in [0.4, 0.5) is 0 Å². The smallest absolute Gasteiger partial charge is 0.207 e. The topological polar surface area (TPSA) is 46.2 Å². The molecule has 0 fully saturated rings. The van der Waals surface area contributed by atoms with Gasteiger partial charge in [-0.1, -0.05) is 12.1 Å². The minimum Gasteiger partial charge on any atom is -0.207 e. The van der Waals surface area contributed by atoms with Crippen molar-refractivity contribution in [1.29, 1.82) is 0 Å². The zero-order chi connectivity index (χ0) is 13.8. The number of aryl methyl sites for hydroxylation is 1. The van der Waals surface area contributed by atoms with Gasteiger partial charge in [0.2, 0.25) is 10.0 Å². The van der Waals surface area contributed by atoms with Crippen LogP contribution in [-0.4, -0.2) is 19.8 Å². The lowest BCUT2D eigenvalue weighted by Gasteiger charge is -2.20. The van der Waals surface area contributed by atoms with Crippen molar-refractivity contribution in [2.45, 2.75) is 44.0 Å². The summed E-state index contributed by atoms with van der Waals surface area (Å²) in [5.74, 6) is 0.617. The first-order valence-electron chi connectivity index (χ1n) is 5.93. The number of sulfonamides is 1. The zero-order valence-corrected chi connectivity index (χ0v) is 12.6. The van der Waals surface area contributed by atoms with Crippen LogP contribution in [-0.2, 0) is 16.4 Å². The van der Waals surface area contributed by atoms with Crippen molar-refractivity contribution >= 4 is 21.6 Å². The Labute approximate surface area is 115 Å². The van der Waals surface area contributed by atoms with Crippen molar-refractivity contribution in [3.63, 3.8) is 0 Å². The zero-order valence-electron chi connectivity index (χ0n) is 11.0. The van der Waals surface area contributed by atoms with E-state index in [2.05, 4.69) is 4.72 Å². The van der Waals surface area contributed by atoms with Crippen LogP contribution in [0.3, 0.4) is 0 Å². The van der Waals surface area contributed by atoms with Crippen LogP contribution in [0.15, 0.2) is 29.2 Å². The molecule has 0 bridgehead atoms. The van der Waals surface area contributed by atoms with Gasteiger partial charge in [0.15, 0.2) is 0 Å². The molecule has 1 N–H and O–H groups in total. The van der Waals surface area contributed by atoms with Crippen LogP contribution in [0, 0.1) is 0 Å². The lowest BCUT2D eigenvalue weighted by Crippen LogP contribution is -2.40. The quantitative estimate of drug-likeness (QED) is 0.847. The summed E-state index contributed by atoms with van der Waals surface area (Å²) in [7, 11) is -3.43. The van der Waals surface area contributed by atoms with E-state index in [0.717, 1.165) is 18.4 Å². The summed E-state index contributed by atoms with van der Waals surface area (Å²) < 4.78 is 26.7. The second kappa shape index (κ2) is 6.04. The first-order chi connectivity index (χ1) is 8.24. The molecule has 0 aliphatic rings. The molecule has 0 saturated heterocycles. The molecule has 1 aromatic rings. The molecule has 1 rings (SSSR count).